The van der Waals surface area contributed by atoms with Gasteiger partial charge in [0.2, 0.25) is 0 Å². The number of nitrogens with two attached hydrogens (primary N) is 1. The maximum absolute atomic E-state index is 9.21. The largest absolute Gasteiger partial charge is 0.488 e. The summed E-state index contributed by atoms with van der Waals surface area (Å²) in [6.45, 7) is 0. The Labute approximate surface area is 111 Å². The van der Waals surface area contributed by atoms with Gasteiger partial charge in [0.25, 0.3) is 0 Å². The molecule has 3 rings (SSSR count). The molecule has 0 radical (unpaired) electrons. The average molecular weight is 253 g/mol. The smallest absolute Gasteiger partial charge is 0.148 e. The molecule has 4 nitrogen and oxygen atoms in total. The van der Waals surface area contributed by atoms with E-state index in [9.17, 15) is 5.26 Å². The number of para-hydroxylation sites is 1. The van der Waals surface area contributed by atoms with Crippen LogP contribution in [-0.4, -0.2) is 17.1 Å². The van der Waals surface area contributed by atoms with Crippen LogP contribution in [0.1, 0.15) is 24.8 Å². The molecule has 2 N–H and O–H groups in total. The predicted octanol–water partition coefficient (Wildman–Crippen LogP) is 2.37. The normalized spacial score (nSPS) is 22.3. The van der Waals surface area contributed by atoms with Gasteiger partial charge < -0.3 is 10.5 Å². The van der Waals surface area contributed by atoms with Gasteiger partial charge >= 0.3 is 0 Å². The average Bonchev–Trinajstić information content (AvgIpc) is 2.85. The Hall–Kier alpha value is -2.12. The Morgan fingerprint density at radius 1 is 1.32 bits per heavy atom. The van der Waals surface area contributed by atoms with Crippen molar-refractivity contribution in [2.24, 2.45) is 5.73 Å². The summed E-state index contributed by atoms with van der Waals surface area (Å²) in [4.78, 5) is 4.27. The van der Waals surface area contributed by atoms with Crippen molar-refractivity contribution < 1.29 is 4.74 Å². The van der Waals surface area contributed by atoms with Crippen LogP contribution in [0.5, 0.6) is 5.75 Å². The molecule has 0 saturated heterocycles. The highest BCUT2D eigenvalue weighted by Crippen LogP contribution is 2.31. The van der Waals surface area contributed by atoms with Crippen molar-refractivity contribution in [3.8, 4) is 11.8 Å². The SMILES string of the molecule is N#Cc1cnc2ccccc2c1OC1CCC(N)C1. The van der Waals surface area contributed by atoms with E-state index in [1.165, 1.54) is 0 Å². The Kier molecular flexibility index (Phi) is 3.06. The summed E-state index contributed by atoms with van der Waals surface area (Å²) >= 11 is 0. The standard InChI is InChI=1S/C15H15N3O/c16-8-10-9-18-14-4-2-1-3-13(14)15(10)19-12-6-5-11(17)7-12/h1-4,9,11-12H,5-7,17H2. The molecule has 2 unspecified atom stereocenters. The highest BCUT2D eigenvalue weighted by molar-refractivity contribution is 5.87. The summed E-state index contributed by atoms with van der Waals surface area (Å²) in [7, 11) is 0. The number of nitrogens with zero attached hydrogens (tertiary/aromatic N) is 2. The first-order valence-corrected chi connectivity index (χ1v) is 6.48. The van der Waals surface area contributed by atoms with Gasteiger partial charge in [0.15, 0.2) is 0 Å². The van der Waals surface area contributed by atoms with E-state index in [1.54, 1.807) is 6.20 Å². The summed E-state index contributed by atoms with van der Waals surface area (Å²) in [6.07, 6.45) is 4.46. The number of ether oxygens (including phenoxy) is 1. The zero-order chi connectivity index (χ0) is 13.2. The quantitative estimate of drug-likeness (QED) is 0.891. The molecule has 96 valence electrons. The molecular weight excluding hydrogens is 238 g/mol. The van der Waals surface area contributed by atoms with E-state index in [1.807, 2.05) is 24.3 Å². The molecule has 1 aliphatic carbocycles. The number of hydrogen-bond donors (Lipinski definition) is 1. The Bertz CT molecular complexity index is 647. The zero-order valence-corrected chi connectivity index (χ0v) is 10.5. The van der Waals surface area contributed by atoms with Crippen LogP contribution in [0.4, 0.5) is 0 Å². The summed E-state index contributed by atoms with van der Waals surface area (Å²) < 4.78 is 6.04. The van der Waals surface area contributed by atoms with Gasteiger partial charge in [-0.2, -0.15) is 5.26 Å². The first kappa shape index (κ1) is 11.9. The minimum atomic E-state index is 0.105. The monoisotopic (exact) mass is 253 g/mol. The third-order valence-electron chi connectivity index (χ3n) is 3.56. The van der Waals surface area contributed by atoms with Crippen LogP contribution in [-0.2, 0) is 0 Å². The van der Waals surface area contributed by atoms with Gasteiger partial charge in [0.1, 0.15) is 23.5 Å². The van der Waals surface area contributed by atoms with Crippen molar-refractivity contribution >= 4 is 10.9 Å². The summed E-state index contributed by atoms with van der Waals surface area (Å²) in [5, 5.41) is 10.1. The maximum atomic E-state index is 9.21. The van der Waals surface area contributed by atoms with Gasteiger partial charge in [-0.3, -0.25) is 4.98 Å². The van der Waals surface area contributed by atoms with Crippen molar-refractivity contribution in [2.75, 3.05) is 0 Å². The maximum Gasteiger partial charge on any atom is 0.148 e. The molecular formula is C15H15N3O. The lowest BCUT2D eigenvalue weighted by Gasteiger charge is -2.16. The lowest BCUT2D eigenvalue weighted by atomic mass is 10.1. The minimum absolute atomic E-state index is 0.105. The van der Waals surface area contributed by atoms with Crippen LogP contribution in [0.2, 0.25) is 0 Å². The van der Waals surface area contributed by atoms with Crippen molar-refractivity contribution in [3.63, 3.8) is 0 Å². The number of pyridine rings is 1. The fourth-order valence-corrected chi connectivity index (χ4v) is 2.57. The highest BCUT2D eigenvalue weighted by atomic mass is 16.5. The van der Waals surface area contributed by atoms with Crippen LogP contribution in [0.3, 0.4) is 0 Å². The van der Waals surface area contributed by atoms with Crippen LogP contribution in [0, 0.1) is 11.3 Å². The minimum Gasteiger partial charge on any atom is -0.488 e. The number of fused-ring (bicyclic) bond motifs is 1. The number of benzene rings is 1. The molecule has 2 atom stereocenters. The summed E-state index contributed by atoms with van der Waals surface area (Å²) in [6, 6.07) is 10.1. The van der Waals surface area contributed by atoms with Gasteiger partial charge in [0, 0.05) is 17.6 Å². The molecule has 1 heterocycles. The number of hydrogen-bond acceptors (Lipinski definition) is 4. The van der Waals surface area contributed by atoms with E-state index in [2.05, 4.69) is 11.1 Å². The second kappa shape index (κ2) is 4.87. The summed E-state index contributed by atoms with van der Waals surface area (Å²) in [5.74, 6) is 0.646. The topological polar surface area (TPSA) is 71.9 Å². The molecule has 0 bridgehead atoms. The van der Waals surface area contributed by atoms with Crippen LogP contribution >= 0.6 is 0 Å². The predicted molar refractivity (Wildman–Crippen MR) is 72.7 cm³/mol. The van der Waals surface area contributed by atoms with Crippen molar-refractivity contribution in [3.05, 3.63) is 36.0 Å². The molecule has 0 spiro atoms. The van der Waals surface area contributed by atoms with Crippen molar-refractivity contribution in [1.29, 1.82) is 5.26 Å². The number of rotatable bonds is 2. The Balaban J connectivity index is 2.03. The third-order valence-corrected chi connectivity index (χ3v) is 3.56. The zero-order valence-electron chi connectivity index (χ0n) is 10.5. The van der Waals surface area contributed by atoms with Gasteiger partial charge in [0.05, 0.1) is 5.52 Å². The lowest BCUT2D eigenvalue weighted by molar-refractivity contribution is 0.210. The Morgan fingerprint density at radius 3 is 2.89 bits per heavy atom. The molecule has 1 aliphatic rings. The fraction of sp³-hybridized carbons (Fsp3) is 0.333. The number of aromatic nitrogens is 1. The van der Waals surface area contributed by atoms with E-state index in [0.717, 1.165) is 30.2 Å². The molecule has 0 aliphatic heterocycles. The fourth-order valence-electron chi connectivity index (χ4n) is 2.57. The highest BCUT2D eigenvalue weighted by Gasteiger charge is 2.24. The second-order valence-corrected chi connectivity index (χ2v) is 4.94. The molecule has 1 saturated carbocycles. The molecule has 4 heteroatoms. The molecule has 1 aromatic heterocycles. The van der Waals surface area contributed by atoms with Crippen molar-refractivity contribution in [1.82, 2.24) is 4.98 Å². The van der Waals surface area contributed by atoms with Crippen LogP contribution in [0.25, 0.3) is 10.9 Å². The van der Waals surface area contributed by atoms with E-state index >= 15 is 0 Å². The van der Waals surface area contributed by atoms with Crippen LogP contribution in [0.15, 0.2) is 30.5 Å². The summed E-state index contributed by atoms with van der Waals surface area (Å²) in [5.41, 5.74) is 7.24. The van der Waals surface area contributed by atoms with E-state index in [-0.39, 0.29) is 12.1 Å². The second-order valence-electron chi connectivity index (χ2n) is 4.94. The van der Waals surface area contributed by atoms with Gasteiger partial charge in [-0.15, -0.1) is 0 Å². The molecule has 2 aromatic rings. The third kappa shape index (κ3) is 2.25. The van der Waals surface area contributed by atoms with Crippen LogP contribution < -0.4 is 10.5 Å². The molecule has 19 heavy (non-hydrogen) atoms. The van der Waals surface area contributed by atoms with Crippen molar-refractivity contribution in [2.45, 2.75) is 31.4 Å². The Morgan fingerprint density at radius 2 is 2.16 bits per heavy atom. The van der Waals surface area contributed by atoms with Gasteiger partial charge in [-0.25, -0.2) is 0 Å². The van der Waals surface area contributed by atoms with Gasteiger partial charge in [-0.05, 0) is 31.4 Å². The first-order chi connectivity index (χ1) is 9.28. The lowest BCUT2D eigenvalue weighted by Crippen LogP contribution is -2.19. The van der Waals surface area contributed by atoms with E-state index in [4.69, 9.17) is 10.5 Å². The number of nitriles is 1. The molecule has 1 aromatic carbocycles. The molecule has 0 amide bonds. The molecule has 1 fully saturated rings. The van der Waals surface area contributed by atoms with E-state index in [0.29, 0.717) is 11.3 Å². The van der Waals surface area contributed by atoms with Gasteiger partial charge in [-0.1, -0.05) is 12.1 Å². The first-order valence-electron chi connectivity index (χ1n) is 6.48. The van der Waals surface area contributed by atoms with E-state index < -0.39 is 0 Å².